The molecule has 0 amide bonds. The molecule has 1 aliphatic heterocycles. The van der Waals surface area contributed by atoms with E-state index >= 15 is 0 Å². The number of nitrogens with one attached hydrogen (secondary N) is 1. The Bertz CT molecular complexity index is 449. The van der Waals surface area contributed by atoms with Crippen molar-refractivity contribution in [3.63, 3.8) is 0 Å². The molecular formula is C19H29NO. The van der Waals surface area contributed by atoms with Crippen molar-refractivity contribution in [2.24, 2.45) is 5.92 Å². The van der Waals surface area contributed by atoms with Crippen LogP contribution in [0.1, 0.15) is 69.0 Å². The lowest BCUT2D eigenvalue weighted by molar-refractivity contribution is 0.305. The molecule has 1 unspecified atom stereocenters. The Labute approximate surface area is 129 Å². The maximum Gasteiger partial charge on any atom is 0.127 e. The van der Waals surface area contributed by atoms with Crippen LogP contribution in [-0.2, 0) is 6.42 Å². The molecule has 3 rings (SSSR count). The Morgan fingerprint density at radius 3 is 2.76 bits per heavy atom. The van der Waals surface area contributed by atoms with Crippen LogP contribution in [0.15, 0.2) is 18.2 Å². The van der Waals surface area contributed by atoms with Crippen LogP contribution in [0.4, 0.5) is 0 Å². The number of rotatable bonds is 5. The largest absolute Gasteiger partial charge is 0.493 e. The van der Waals surface area contributed by atoms with Crippen molar-refractivity contribution < 1.29 is 4.74 Å². The van der Waals surface area contributed by atoms with Crippen molar-refractivity contribution in [1.82, 2.24) is 5.32 Å². The Hall–Kier alpha value is -1.02. The molecule has 0 bridgehead atoms. The summed E-state index contributed by atoms with van der Waals surface area (Å²) in [5.74, 6) is 1.96. The summed E-state index contributed by atoms with van der Waals surface area (Å²) in [7, 11) is 0. The van der Waals surface area contributed by atoms with Crippen LogP contribution in [0.3, 0.4) is 0 Å². The van der Waals surface area contributed by atoms with Crippen LogP contribution >= 0.6 is 0 Å². The van der Waals surface area contributed by atoms with Crippen LogP contribution < -0.4 is 10.1 Å². The first-order valence-electron chi connectivity index (χ1n) is 8.88. The van der Waals surface area contributed by atoms with Crippen LogP contribution in [-0.4, -0.2) is 13.2 Å². The van der Waals surface area contributed by atoms with Gasteiger partial charge in [0.15, 0.2) is 0 Å². The lowest BCUT2D eigenvalue weighted by Gasteiger charge is -2.29. The summed E-state index contributed by atoms with van der Waals surface area (Å²) in [4.78, 5) is 0. The van der Waals surface area contributed by atoms with E-state index in [2.05, 4.69) is 30.4 Å². The molecule has 2 aliphatic rings. The third-order valence-electron chi connectivity index (χ3n) is 5.07. The number of ether oxygens (including phenoxy) is 1. The van der Waals surface area contributed by atoms with Gasteiger partial charge in [-0.25, -0.2) is 0 Å². The molecule has 0 radical (unpaired) electrons. The highest BCUT2D eigenvalue weighted by atomic mass is 16.5. The van der Waals surface area contributed by atoms with Crippen molar-refractivity contribution >= 4 is 0 Å². The monoisotopic (exact) mass is 287 g/mol. The van der Waals surface area contributed by atoms with Gasteiger partial charge in [-0.15, -0.1) is 0 Å². The lowest BCUT2D eigenvalue weighted by atomic mass is 9.86. The van der Waals surface area contributed by atoms with E-state index in [0.29, 0.717) is 6.04 Å². The summed E-state index contributed by atoms with van der Waals surface area (Å²) in [6.45, 7) is 4.21. The van der Waals surface area contributed by atoms with Crippen LogP contribution in [0, 0.1) is 5.92 Å². The van der Waals surface area contributed by atoms with Gasteiger partial charge in [0, 0.05) is 18.0 Å². The number of hydrogen-bond donors (Lipinski definition) is 1. The summed E-state index contributed by atoms with van der Waals surface area (Å²) >= 11 is 0. The Morgan fingerprint density at radius 2 is 2.00 bits per heavy atom. The third kappa shape index (κ3) is 3.42. The summed E-state index contributed by atoms with van der Waals surface area (Å²) in [5.41, 5.74) is 2.83. The average Bonchev–Trinajstić information content (AvgIpc) is 2.84. The van der Waals surface area contributed by atoms with Gasteiger partial charge in [-0.05, 0) is 37.3 Å². The predicted octanol–water partition coefficient (Wildman–Crippen LogP) is 4.63. The molecule has 1 atom stereocenters. The number of hydrogen-bond acceptors (Lipinski definition) is 2. The van der Waals surface area contributed by atoms with Gasteiger partial charge in [0.05, 0.1) is 6.61 Å². The summed E-state index contributed by atoms with van der Waals surface area (Å²) < 4.78 is 5.97. The molecule has 0 spiro atoms. The van der Waals surface area contributed by atoms with Gasteiger partial charge in [-0.1, -0.05) is 50.8 Å². The minimum atomic E-state index is 0.482. The minimum absolute atomic E-state index is 0.482. The molecule has 1 aromatic carbocycles. The standard InChI is InChI=1S/C19H29NO/c1-2-13-20-18(15-8-5-3-4-6-9-15)17-11-7-10-16-12-14-21-19(16)17/h7,10-11,15,18,20H,2-6,8-9,12-14H2,1H3. The first kappa shape index (κ1) is 14.9. The van der Waals surface area contributed by atoms with Crippen molar-refractivity contribution in [1.29, 1.82) is 0 Å². The summed E-state index contributed by atoms with van der Waals surface area (Å²) in [5, 5.41) is 3.83. The fourth-order valence-corrected chi connectivity index (χ4v) is 3.96. The molecule has 1 heterocycles. The van der Waals surface area contributed by atoms with Gasteiger partial charge in [0.2, 0.25) is 0 Å². The van der Waals surface area contributed by atoms with Crippen LogP contribution in [0.2, 0.25) is 0 Å². The topological polar surface area (TPSA) is 21.3 Å². The van der Waals surface area contributed by atoms with Gasteiger partial charge in [-0.2, -0.15) is 0 Å². The molecule has 116 valence electrons. The normalized spacial score (nSPS) is 20.6. The SMILES string of the molecule is CCCNC(c1cccc2c1OCC2)C1CCCCCC1. The van der Waals surface area contributed by atoms with E-state index in [1.54, 1.807) is 0 Å². The van der Waals surface area contributed by atoms with Gasteiger partial charge in [0.25, 0.3) is 0 Å². The molecule has 2 heteroatoms. The highest BCUT2D eigenvalue weighted by Crippen LogP contribution is 2.40. The summed E-state index contributed by atoms with van der Waals surface area (Å²) in [6, 6.07) is 7.23. The first-order chi connectivity index (χ1) is 10.4. The number of benzene rings is 1. The van der Waals surface area contributed by atoms with Gasteiger partial charge >= 0.3 is 0 Å². The third-order valence-corrected chi connectivity index (χ3v) is 5.07. The van der Waals surface area contributed by atoms with E-state index in [1.165, 1.54) is 61.8 Å². The van der Waals surface area contributed by atoms with Crippen molar-refractivity contribution in [3.05, 3.63) is 29.3 Å². The zero-order valence-corrected chi connectivity index (χ0v) is 13.4. The second-order valence-corrected chi connectivity index (χ2v) is 6.62. The number of fused-ring (bicyclic) bond motifs is 1. The van der Waals surface area contributed by atoms with E-state index in [1.807, 2.05) is 0 Å². The van der Waals surface area contributed by atoms with Crippen molar-refractivity contribution in [3.8, 4) is 5.75 Å². The average molecular weight is 287 g/mol. The molecule has 0 saturated heterocycles. The zero-order chi connectivity index (χ0) is 14.5. The van der Waals surface area contributed by atoms with Crippen molar-refractivity contribution in [2.75, 3.05) is 13.2 Å². The van der Waals surface area contributed by atoms with Crippen LogP contribution in [0.5, 0.6) is 5.75 Å². The van der Waals surface area contributed by atoms with Gasteiger partial charge < -0.3 is 10.1 Å². The quantitative estimate of drug-likeness (QED) is 0.797. The second-order valence-electron chi connectivity index (χ2n) is 6.62. The smallest absolute Gasteiger partial charge is 0.127 e. The summed E-state index contributed by atoms with van der Waals surface area (Å²) in [6.07, 6.45) is 10.6. The molecule has 1 aliphatic carbocycles. The minimum Gasteiger partial charge on any atom is -0.493 e. The molecule has 1 fully saturated rings. The van der Waals surface area contributed by atoms with E-state index in [0.717, 1.165) is 25.5 Å². The highest BCUT2D eigenvalue weighted by molar-refractivity contribution is 5.45. The Balaban J connectivity index is 1.86. The molecule has 1 aromatic rings. The van der Waals surface area contributed by atoms with Gasteiger partial charge in [-0.3, -0.25) is 0 Å². The molecule has 2 nitrogen and oxygen atoms in total. The van der Waals surface area contributed by atoms with Crippen molar-refractivity contribution in [2.45, 2.75) is 64.3 Å². The first-order valence-corrected chi connectivity index (χ1v) is 8.88. The second kappa shape index (κ2) is 7.31. The van der Waals surface area contributed by atoms with E-state index in [9.17, 15) is 0 Å². The molecular weight excluding hydrogens is 258 g/mol. The van der Waals surface area contributed by atoms with E-state index in [4.69, 9.17) is 4.74 Å². The maximum atomic E-state index is 5.97. The zero-order valence-electron chi connectivity index (χ0n) is 13.4. The molecule has 1 N–H and O–H groups in total. The molecule has 1 saturated carbocycles. The Morgan fingerprint density at radius 1 is 1.19 bits per heavy atom. The number of para-hydroxylation sites is 1. The maximum absolute atomic E-state index is 5.97. The Kier molecular flexibility index (Phi) is 5.18. The molecule has 21 heavy (non-hydrogen) atoms. The fraction of sp³-hybridized carbons (Fsp3) is 0.684. The van der Waals surface area contributed by atoms with E-state index < -0.39 is 0 Å². The highest BCUT2D eigenvalue weighted by Gasteiger charge is 2.28. The lowest BCUT2D eigenvalue weighted by Crippen LogP contribution is -2.29. The van der Waals surface area contributed by atoms with Gasteiger partial charge in [0.1, 0.15) is 5.75 Å². The predicted molar refractivity (Wildman–Crippen MR) is 87.9 cm³/mol. The van der Waals surface area contributed by atoms with Crippen LogP contribution in [0.25, 0.3) is 0 Å². The fourth-order valence-electron chi connectivity index (χ4n) is 3.96. The molecule has 0 aromatic heterocycles. The van der Waals surface area contributed by atoms with E-state index in [-0.39, 0.29) is 0 Å².